The summed E-state index contributed by atoms with van der Waals surface area (Å²) in [6.07, 6.45) is 3.04. The van der Waals surface area contributed by atoms with Crippen molar-refractivity contribution in [1.29, 1.82) is 0 Å². The second kappa shape index (κ2) is 8.56. The molecule has 0 spiro atoms. The van der Waals surface area contributed by atoms with Gasteiger partial charge in [0.15, 0.2) is 0 Å². The summed E-state index contributed by atoms with van der Waals surface area (Å²) >= 11 is 0. The molecule has 4 aromatic rings. The second-order valence-electron chi connectivity index (χ2n) is 8.52. The normalized spacial score (nSPS) is 15.6. The number of pyridine rings is 1. The summed E-state index contributed by atoms with van der Waals surface area (Å²) in [5, 5.41) is 8.39. The van der Waals surface area contributed by atoms with Crippen LogP contribution < -0.4 is 15.8 Å². The summed E-state index contributed by atoms with van der Waals surface area (Å²) < 4.78 is 28.6. The summed E-state index contributed by atoms with van der Waals surface area (Å²) in [7, 11) is -2.88. The molecule has 0 atom stereocenters. The summed E-state index contributed by atoms with van der Waals surface area (Å²) in [5.74, 6) is 0.431. The van der Waals surface area contributed by atoms with Crippen LogP contribution in [0.3, 0.4) is 0 Å². The first-order valence-electron chi connectivity index (χ1n) is 10.9. The Balaban J connectivity index is 1.40. The number of nitrogens with zero attached hydrogens (tertiary/aromatic N) is 3. The lowest BCUT2D eigenvalue weighted by molar-refractivity contribution is 0.571. The predicted octanol–water partition coefficient (Wildman–Crippen LogP) is 3.87. The number of hydrogen-bond acceptors (Lipinski definition) is 5. The summed E-state index contributed by atoms with van der Waals surface area (Å²) in [4.78, 5) is 18.6. The second-order valence-corrected chi connectivity index (χ2v) is 11.7. The lowest BCUT2D eigenvalue weighted by Crippen LogP contribution is -2.38. The van der Waals surface area contributed by atoms with Crippen LogP contribution in [0.2, 0.25) is 0 Å². The molecule has 1 aliphatic rings. The highest BCUT2D eigenvalue weighted by atomic mass is 31.2. The Kier molecular flexibility index (Phi) is 5.59. The fourth-order valence-corrected chi connectivity index (χ4v) is 7.08. The van der Waals surface area contributed by atoms with Gasteiger partial charge >= 0.3 is 0 Å². The number of benzene rings is 2. The molecular weight excluding hydrogens is 438 g/mol. The molecule has 2 aromatic heterocycles. The molecular formula is C25H24FN4O2P. The first kappa shape index (κ1) is 21.5. The van der Waals surface area contributed by atoms with E-state index in [0.717, 1.165) is 22.3 Å². The standard InChI is InChI=1S/C25H24FN4O2P/c1-17-6-9-24(27-16-17)30-10-12-33(32,13-11-30)23-15-18(7-8-21(23)26)14-22-19-4-2-3-5-20(19)25(31)29-28-22/h2-9,15-16H,10-14H2,1H3,(H,29,31). The quantitative estimate of drug-likeness (QED) is 0.466. The van der Waals surface area contributed by atoms with E-state index in [1.807, 2.05) is 43.5 Å². The van der Waals surface area contributed by atoms with Crippen molar-refractivity contribution in [3.05, 3.63) is 93.8 Å². The van der Waals surface area contributed by atoms with Gasteiger partial charge in [-0.25, -0.2) is 14.5 Å². The maximum atomic E-state index is 14.8. The zero-order chi connectivity index (χ0) is 23.0. The molecule has 1 aliphatic heterocycles. The average molecular weight is 462 g/mol. The van der Waals surface area contributed by atoms with Crippen LogP contribution in [0.25, 0.3) is 10.8 Å². The number of aryl methyl sites for hydroxylation is 1. The highest BCUT2D eigenvalue weighted by Crippen LogP contribution is 2.47. The van der Waals surface area contributed by atoms with Gasteiger partial charge in [-0.3, -0.25) is 4.79 Å². The van der Waals surface area contributed by atoms with E-state index in [9.17, 15) is 13.8 Å². The van der Waals surface area contributed by atoms with Gasteiger partial charge in [-0.1, -0.05) is 30.3 Å². The molecule has 1 N–H and O–H groups in total. The van der Waals surface area contributed by atoms with E-state index in [0.29, 0.717) is 48.2 Å². The average Bonchev–Trinajstić information content (AvgIpc) is 2.83. The molecule has 1 saturated heterocycles. The molecule has 2 aromatic carbocycles. The minimum Gasteiger partial charge on any atom is -0.356 e. The SMILES string of the molecule is Cc1ccc(N2CCP(=O)(c3cc(Cc4n[nH]c(=O)c5ccccc45)ccc3F)CC2)nc1. The molecule has 0 unspecified atom stereocenters. The number of nitrogens with one attached hydrogen (secondary N) is 1. The van der Waals surface area contributed by atoms with E-state index < -0.39 is 13.0 Å². The van der Waals surface area contributed by atoms with Crippen LogP contribution in [0.1, 0.15) is 16.8 Å². The number of anilines is 1. The molecule has 168 valence electrons. The maximum Gasteiger partial charge on any atom is 0.272 e. The van der Waals surface area contributed by atoms with Gasteiger partial charge in [0.1, 0.15) is 18.8 Å². The Hall–Kier alpha value is -3.31. The molecule has 33 heavy (non-hydrogen) atoms. The van der Waals surface area contributed by atoms with Gasteiger partial charge in [0.25, 0.3) is 5.56 Å². The van der Waals surface area contributed by atoms with Gasteiger partial charge in [-0.2, -0.15) is 5.10 Å². The van der Waals surface area contributed by atoms with Crippen molar-refractivity contribution in [2.24, 2.45) is 0 Å². The van der Waals surface area contributed by atoms with E-state index >= 15 is 0 Å². The van der Waals surface area contributed by atoms with E-state index in [-0.39, 0.29) is 5.56 Å². The highest BCUT2D eigenvalue weighted by molar-refractivity contribution is 7.71. The number of aromatic amines is 1. The van der Waals surface area contributed by atoms with Crippen LogP contribution in [0, 0.1) is 12.7 Å². The smallest absolute Gasteiger partial charge is 0.272 e. The lowest BCUT2D eigenvalue weighted by atomic mass is 10.0. The van der Waals surface area contributed by atoms with Crippen molar-refractivity contribution in [3.8, 4) is 0 Å². The third kappa shape index (κ3) is 4.21. The molecule has 6 nitrogen and oxygen atoms in total. The molecule has 0 saturated carbocycles. The van der Waals surface area contributed by atoms with E-state index in [1.54, 1.807) is 18.2 Å². The van der Waals surface area contributed by atoms with Crippen molar-refractivity contribution < 1.29 is 8.96 Å². The molecule has 8 heteroatoms. The van der Waals surface area contributed by atoms with Crippen LogP contribution in [0.5, 0.6) is 0 Å². The fourth-order valence-electron chi connectivity index (χ4n) is 4.39. The summed E-state index contributed by atoms with van der Waals surface area (Å²) in [5.41, 5.74) is 2.36. The van der Waals surface area contributed by atoms with Crippen LogP contribution in [-0.2, 0) is 11.0 Å². The van der Waals surface area contributed by atoms with Crippen molar-refractivity contribution in [2.75, 3.05) is 30.3 Å². The van der Waals surface area contributed by atoms with E-state index in [1.165, 1.54) is 6.07 Å². The zero-order valence-electron chi connectivity index (χ0n) is 18.3. The van der Waals surface area contributed by atoms with Crippen molar-refractivity contribution in [3.63, 3.8) is 0 Å². The molecule has 0 radical (unpaired) electrons. The third-order valence-electron chi connectivity index (χ3n) is 6.28. The number of halogens is 1. The van der Waals surface area contributed by atoms with Gasteiger partial charge < -0.3 is 9.46 Å². The van der Waals surface area contributed by atoms with Gasteiger partial charge in [-0.05, 0) is 42.3 Å². The monoisotopic (exact) mass is 462 g/mol. The van der Waals surface area contributed by atoms with Crippen LogP contribution in [-0.4, -0.2) is 40.6 Å². The van der Waals surface area contributed by atoms with Crippen molar-refractivity contribution >= 4 is 29.0 Å². The Labute approximate surface area is 190 Å². The Morgan fingerprint density at radius 1 is 1.06 bits per heavy atom. The molecule has 5 rings (SSSR count). The minimum atomic E-state index is -2.88. The number of fused-ring (bicyclic) bond motifs is 1. The van der Waals surface area contributed by atoms with Gasteiger partial charge in [-0.15, -0.1) is 0 Å². The molecule has 0 aliphatic carbocycles. The summed E-state index contributed by atoms with van der Waals surface area (Å²) in [6, 6.07) is 16.1. The largest absolute Gasteiger partial charge is 0.356 e. The van der Waals surface area contributed by atoms with E-state index in [4.69, 9.17) is 0 Å². The Bertz CT molecular complexity index is 1420. The molecule has 3 heterocycles. The van der Waals surface area contributed by atoms with Crippen molar-refractivity contribution in [2.45, 2.75) is 13.3 Å². The highest BCUT2D eigenvalue weighted by Gasteiger charge is 2.33. The first-order valence-corrected chi connectivity index (χ1v) is 13.0. The van der Waals surface area contributed by atoms with Crippen LogP contribution in [0.4, 0.5) is 10.2 Å². The van der Waals surface area contributed by atoms with Crippen molar-refractivity contribution in [1.82, 2.24) is 15.2 Å². The number of hydrogen-bond donors (Lipinski definition) is 1. The topological polar surface area (TPSA) is 79.0 Å². The molecule has 0 amide bonds. The maximum absolute atomic E-state index is 14.8. The van der Waals surface area contributed by atoms with Gasteiger partial charge in [0.2, 0.25) is 0 Å². The first-order chi connectivity index (χ1) is 15.9. The number of H-pyrrole nitrogens is 1. The molecule has 0 bridgehead atoms. The summed E-state index contributed by atoms with van der Waals surface area (Å²) in [6.45, 7) is 3.13. The van der Waals surface area contributed by atoms with Gasteiger partial charge in [0.05, 0.1) is 11.1 Å². The minimum absolute atomic E-state index is 0.242. The zero-order valence-corrected chi connectivity index (χ0v) is 19.2. The predicted molar refractivity (Wildman–Crippen MR) is 130 cm³/mol. The van der Waals surface area contributed by atoms with Crippen LogP contribution >= 0.6 is 7.14 Å². The fraction of sp³-hybridized carbons (Fsp3) is 0.240. The number of rotatable bonds is 4. The number of aromatic nitrogens is 3. The van der Waals surface area contributed by atoms with E-state index in [2.05, 4.69) is 20.1 Å². The molecule has 1 fully saturated rings. The van der Waals surface area contributed by atoms with Crippen LogP contribution in [0.15, 0.2) is 65.6 Å². The Morgan fingerprint density at radius 2 is 1.82 bits per heavy atom. The lowest BCUT2D eigenvalue weighted by Gasteiger charge is -2.33. The third-order valence-corrected chi connectivity index (χ3v) is 9.34. The Morgan fingerprint density at radius 3 is 2.55 bits per heavy atom. The van der Waals surface area contributed by atoms with Gasteiger partial charge in [0, 0.05) is 48.7 Å².